The molecule has 1 atom stereocenters. The van der Waals surface area contributed by atoms with Crippen LogP contribution in [0.4, 0.5) is 11.4 Å². The van der Waals surface area contributed by atoms with Crippen molar-refractivity contribution in [2.75, 3.05) is 12.4 Å². The summed E-state index contributed by atoms with van der Waals surface area (Å²) in [7, 11) is 1.55. The van der Waals surface area contributed by atoms with Crippen molar-refractivity contribution in [1.82, 2.24) is 9.97 Å². The zero-order valence-electron chi connectivity index (χ0n) is 14.6. The zero-order valence-corrected chi connectivity index (χ0v) is 14.6. The lowest BCUT2D eigenvalue weighted by molar-refractivity contribution is -0.384. The number of carbonyl (C=O) groups is 1. The van der Waals surface area contributed by atoms with Crippen LogP contribution in [0, 0.1) is 10.1 Å². The molecule has 9 nitrogen and oxygen atoms in total. The lowest BCUT2D eigenvalue weighted by Crippen LogP contribution is -2.17. The number of hydrogen-bond acceptors (Lipinski definition) is 7. The number of benzene rings is 2. The van der Waals surface area contributed by atoms with Crippen LogP contribution in [0.3, 0.4) is 0 Å². The van der Waals surface area contributed by atoms with Crippen LogP contribution in [0.25, 0.3) is 10.9 Å². The first-order chi connectivity index (χ1) is 12.9. The Morgan fingerprint density at radius 3 is 2.74 bits per heavy atom. The van der Waals surface area contributed by atoms with Crippen molar-refractivity contribution in [2.24, 2.45) is 0 Å². The smallest absolute Gasteiger partial charge is 0.339 e. The molecule has 1 heterocycles. The van der Waals surface area contributed by atoms with Crippen LogP contribution in [0.2, 0.25) is 0 Å². The average Bonchev–Trinajstić information content (AvgIpc) is 2.67. The minimum Gasteiger partial charge on any atom is -0.451 e. The third kappa shape index (κ3) is 3.61. The maximum atomic E-state index is 12.4. The molecule has 27 heavy (non-hydrogen) atoms. The largest absolute Gasteiger partial charge is 0.451 e. The first-order valence-electron chi connectivity index (χ1n) is 8.07. The van der Waals surface area contributed by atoms with Crippen LogP contribution in [-0.4, -0.2) is 27.9 Å². The van der Waals surface area contributed by atoms with Gasteiger partial charge in [0.05, 0.1) is 21.4 Å². The van der Waals surface area contributed by atoms with Crippen molar-refractivity contribution >= 4 is 28.2 Å². The Hall–Kier alpha value is -3.75. The topological polar surface area (TPSA) is 127 Å². The van der Waals surface area contributed by atoms with Crippen LogP contribution < -0.4 is 10.9 Å². The van der Waals surface area contributed by atoms with E-state index < -0.39 is 17.0 Å². The van der Waals surface area contributed by atoms with E-state index in [0.717, 1.165) is 6.07 Å². The first kappa shape index (κ1) is 18.1. The van der Waals surface area contributed by atoms with Gasteiger partial charge in [-0.05, 0) is 31.2 Å². The molecule has 0 saturated carbocycles. The molecule has 0 saturated heterocycles. The Bertz CT molecular complexity index is 1090. The van der Waals surface area contributed by atoms with Gasteiger partial charge in [-0.1, -0.05) is 12.1 Å². The molecule has 0 aliphatic heterocycles. The van der Waals surface area contributed by atoms with Gasteiger partial charge >= 0.3 is 5.97 Å². The Morgan fingerprint density at radius 2 is 2.04 bits per heavy atom. The summed E-state index contributed by atoms with van der Waals surface area (Å²) >= 11 is 0. The second-order valence-electron chi connectivity index (χ2n) is 5.75. The quantitative estimate of drug-likeness (QED) is 0.403. The normalized spacial score (nSPS) is 11.8. The molecular formula is C18H16N4O5. The number of nitrogens with zero attached hydrogens (tertiary/aromatic N) is 2. The molecule has 3 rings (SSSR count). The summed E-state index contributed by atoms with van der Waals surface area (Å²) in [5.41, 5.74) is 0.207. The van der Waals surface area contributed by atoms with Crippen molar-refractivity contribution in [3.63, 3.8) is 0 Å². The Kier molecular flexibility index (Phi) is 4.84. The van der Waals surface area contributed by atoms with Gasteiger partial charge in [0.15, 0.2) is 11.9 Å². The molecule has 2 N–H and O–H groups in total. The average molecular weight is 368 g/mol. The zero-order chi connectivity index (χ0) is 19.6. The third-order valence-corrected chi connectivity index (χ3v) is 4.00. The highest BCUT2D eigenvalue weighted by Gasteiger charge is 2.21. The summed E-state index contributed by atoms with van der Waals surface area (Å²) in [6, 6.07) is 10.8. The summed E-state index contributed by atoms with van der Waals surface area (Å²) in [6.07, 6.45) is -0.849. The predicted molar refractivity (Wildman–Crippen MR) is 98.8 cm³/mol. The predicted octanol–water partition coefficient (Wildman–Crippen LogP) is 2.79. The van der Waals surface area contributed by atoms with Crippen molar-refractivity contribution in [1.29, 1.82) is 0 Å². The molecule has 2 aromatic carbocycles. The third-order valence-electron chi connectivity index (χ3n) is 4.00. The fraction of sp³-hybridized carbons (Fsp3) is 0.167. The number of aromatic amines is 1. The van der Waals surface area contributed by atoms with Crippen molar-refractivity contribution in [3.05, 3.63) is 74.3 Å². The standard InChI is InChI=1S/C18H16N4O5/c1-10(16-20-13-6-4-3-5-12(13)17(23)21-16)27-18(24)11-7-8-14(19-2)15(9-11)22(25)26/h3-10,19H,1-2H3,(H,20,21,23)/t10-/m1/s1. The molecule has 0 radical (unpaired) electrons. The molecule has 0 aliphatic rings. The number of nitro groups is 1. The number of nitro benzene ring substituents is 1. The number of rotatable bonds is 5. The van der Waals surface area contributed by atoms with Crippen LogP contribution in [0.5, 0.6) is 0 Å². The highest BCUT2D eigenvalue weighted by atomic mass is 16.6. The molecular weight excluding hydrogens is 352 g/mol. The molecule has 138 valence electrons. The number of nitrogens with one attached hydrogen (secondary N) is 2. The molecule has 9 heteroatoms. The molecule has 1 aromatic heterocycles. The van der Waals surface area contributed by atoms with E-state index in [1.807, 2.05) is 0 Å². The Balaban J connectivity index is 1.87. The second-order valence-corrected chi connectivity index (χ2v) is 5.75. The number of esters is 1. The highest BCUT2D eigenvalue weighted by molar-refractivity contribution is 5.91. The summed E-state index contributed by atoms with van der Waals surface area (Å²) in [5.74, 6) is -0.572. The fourth-order valence-corrected chi connectivity index (χ4v) is 2.60. The van der Waals surface area contributed by atoms with Gasteiger partial charge in [-0.25, -0.2) is 9.78 Å². The Labute approximate surface area is 153 Å². The molecule has 0 unspecified atom stereocenters. The van der Waals surface area contributed by atoms with E-state index in [1.165, 1.54) is 12.1 Å². The molecule has 0 aliphatic carbocycles. The van der Waals surface area contributed by atoms with E-state index in [-0.39, 0.29) is 28.3 Å². The van der Waals surface area contributed by atoms with E-state index in [0.29, 0.717) is 10.9 Å². The minimum atomic E-state index is -0.849. The van der Waals surface area contributed by atoms with Gasteiger partial charge in [-0.2, -0.15) is 0 Å². The second kappa shape index (κ2) is 7.24. The summed E-state index contributed by atoms with van der Waals surface area (Å²) in [5, 5.41) is 14.2. The first-order valence-corrected chi connectivity index (χ1v) is 8.07. The van der Waals surface area contributed by atoms with E-state index in [9.17, 15) is 19.7 Å². The van der Waals surface area contributed by atoms with Crippen LogP contribution in [0.1, 0.15) is 29.2 Å². The molecule has 0 amide bonds. The lowest BCUT2D eigenvalue weighted by atomic mass is 10.1. The van der Waals surface area contributed by atoms with E-state index in [4.69, 9.17) is 4.74 Å². The van der Waals surface area contributed by atoms with Gasteiger partial charge in [0.1, 0.15) is 5.69 Å². The number of hydrogen-bond donors (Lipinski definition) is 2. The molecule has 0 fully saturated rings. The van der Waals surface area contributed by atoms with Gasteiger partial charge in [-0.3, -0.25) is 14.9 Å². The lowest BCUT2D eigenvalue weighted by Gasteiger charge is -2.13. The van der Waals surface area contributed by atoms with Gasteiger partial charge in [-0.15, -0.1) is 0 Å². The SMILES string of the molecule is CNc1ccc(C(=O)O[C@H](C)c2nc3ccccc3c(=O)[nH]2)cc1[N+](=O)[O-]. The molecule has 3 aromatic rings. The molecule has 0 spiro atoms. The Morgan fingerprint density at radius 1 is 1.30 bits per heavy atom. The van der Waals surface area contributed by atoms with Crippen LogP contribution >= 0.6 is 0 Å². The fourth-order valence-electron chi connectivity index (χ4n) is 2.60. The van der Waals surface area contributed by atoms with Gasteiger partial charge in [0, 0.05) is 13.1 Å². The van der Waals surface area contributed by atoms with Crippen molar-refractivity contribution < 1.29 is 14.5 Å². The van der Waals surface area contributed by atoms with Crippen molar-refractivity contribution in [3.8, 4) is 0 Å². The maximum absolute atomic E-state index is 12.4. The maximum Gasteiger partial charge on any atom is 0.339 e. The number of H-pyrrole nitrogens is 1. The van der Waals surface area contributed by atoms with E-state index in [1.54, 1.807) is 38.2 Å². The number of carbonyl (C=O) groups excluding carboxylic acids is 1. The number of ether oxygens (including phenoxy) is 1. The number of aromatic nitrogens is 2. The number of para-hydroxylation sites is 1. The summed E-state index contributed by atoms with van der Waals surface area (Å²) < 4.78 is 5.32. The number of fused-ring (bicyclic) bond motifs is 1. The van der Waals surface area contributed by atoms with Gasteiger partial charge < -0.3 is 15.0 Å². The van der Waals surface area contributed by atoms with E-state index >= 15 is 0 Å². The molecule has 0 bridgehead atoms. The van der Waals surface area contributed by atoms with Crippen LogP contribution in [-0.2, 0) is 4.74 Å². The van der Waals surface area contributed by atoms with E-state index in [2.05, 4.69) is 15.3 Å². The van der Waals surface area contributed by atoms with Gasteiger partial charge in [0.25, 0.3) is 11.2 Å². The monoisotopic (exact) mass is 368 g/mol. The van der Waals surface area contributed by atoms with Gasteiger partial charge in [0.2, 0.25) is 0 Å². The number of anilines is 1. The van der Waals surface area contributed by atoms with Crippen molar-refractivity contribution in [2.45, 2.75) is 13.0 Å². The summed E-state index contributed by atoms with van der Waals surface area (Å²) in [4.78, 5) is 41.9. The summed E-state index contributed by atoms with van der Waals surface area (Å²) in [6.45, 7) is 1.56. The van der Waals surface area contributed by atoms with Crippen LogP contribution in [0.15, 0.2) is 47.3 Å². The minimum absolute atomic E-state index is 0.0238. The highest BCUT2D eigenvalue weighted by Crippen LogP contribution is 2.26.